The zero-order valence-electron chi connectivity index (χ0n) is 12.9. The molecule has 0 aliphatic heterocycles. The first-order chi connectivity index (χ1) is 10.5. The topological polar surface area (TPSA) is 87.7 Å². The van der Waals surface area contributed by atoms with Crippen molar-refractivity contribution in [3.8, 4) is 0 Å². The number of fused-ring (bicyclic) bond motifs is 1. The molecule has 0 saturated heterocycles. The number of aliphatic hydroxyl groups excluding tert-OH is 1. The number of nitrogens with one attached hydrogen (secondary N) is 2. The summed E-state index contributed by atoms with van der Waals surface area (Å²) in [7, 11) is 0. The van der Waals surface area contributed by atoms with Crippen molar-refractivity contribution in [3.63, 3.8) is 0 Å². The maximum atomic E-state index is 12.2. The molecule has 0 saturated carbocycles. The fourth-order valence-corrected chi connectivity index (χ4v) is 3.73. The molecule has 3 N–H and O–H groups in total. The summed E-state index contributed by atoms with van der Waals surface area (Å²) in [5.74, 6) is -0.382. The van der Waals surface area contributed by atoms with E-state index in [2.05, 4.69) is 10.6 Å². The molecule has 1 aromatic rings. The van der Waals surface area contributed by atoms with Gasteiger partial charge in [-0.05, 0) is 45.1 Å². The summed E-state index contributed by atoms with van der Waals surface area (Å²) in [5.41, 5.74) is 1.51. The number of esters is 1. The lowest BCUT2D eigenvalue weighted by atomic mass is 9.95. The lowest BCUT2D eigenvalue weighted by molar-refractivity contribution is 0.0526. The van der Waals surface area contributed by atoms with Crippen LogP contribution in [0.25, 0.3) is 0 Å². The zero-order chi connectivity index (χ0) is 16.1. The fraction of sp³-hybridized carbons (Fsp3) is 0.600. The Bertz CT molecular complexity index is 554. The average Bonchev–Trinajstić information content (AvgIpc) is 2.83. The second-order valence-electron chi connectivity index (χ2n) is 5.32. The summed E-state index contributed by atoms with van der Waals surface area (Å²) in [6.07, 6.45) is 3.31. The largest absolute Gasteiger partial charge is 0.462 e. The smallest absolute Gasteiger partial charge is 0.341 e. The number of carbonyl (C=O) groups excluding carboxylic acids is 2. The molecule has 1 aromatic heterocycles. The summed E-state index contributed by atoms with van der Waals surface area (Å²) in [6.45, 7) is 3.82. The molecule has 2 rings (SSSR count). The molecule has 0 bridgehead atoms. The first-order valence-corrected chi connectivity index (χ1v) is 8.39. The van der Waals surface area contributed by atoms with Crippen LogP contribution in [0.1, 0.15) is 47.5 Å². The standard InChI is InChI=1S/C15H22N2O4S/c1-3-21-14(19)12-10-6-4-5-7-11(10)22-13(12)17-15(20)16-8-9(2)18/h9,18H,3-8H2,1-2H3,(H2,16,17,20)/t9-/m0/s1. The van der Waals surface area contributed by atoms with Gasteiger partial charge < -0.3 is 15.2 Å². The van der Waals surface area contributed by atoms with Gasteiger partial charge in [-0.15, -0.1) is 11.3 Å². The maximum Gasteiger partial charge on any atom is 0.341 e. The molecule has 7 heteroatoms. The fourth-order valence-electron chi connectivity index (χ4n) is 2.46. The molecular weight excluding hydrogens is 304 g/mol. The van der Waals surface area contributed by atoms with Crippen LogP contribution in [0.4, 0.5) is 9.80 Å². The molecule has 2 amide bonds. The molecule has 122 valence electrons. The molecule has 22 heavy (non-hydrogen) atoms. The molecule has 1 heterocycles. The van der Waals surface area contributed by atoms with Gasteiger partial charge in [0.2, 0.25) is 0 Å². The van der Waals surface area contributed by atoms with Crippen molar-refractivity contribution in [2.45, 2.75) is 45.6 Å². The van der Waals surface area contributed by atoms with E-state index in [1.807, 2.05) is 0 Å². The third kappa shape index (κ3) is 3.98. The number of anilines is 1. The van der Waals surface area contributed by atoms with Crippen LogP contribution in [0.3, 0.4) is 0 Å². The summed E-state index contributed by atoms with van der Waals surface area (Å²) in [5, 5.41) is 15.0. The van der Waals surface area contributed by atoms with E-state index in [1.165, 1.54) is 11.3 Å². The summed E-state index contributed by atoms with van der Waals surface area (Å²) in [4.78, 5) is 25.3. The van der Waals surface area contributed by atoms with Gasteiger partial charge in [-0.1, -0.05) is 0 Å². The molecule has 0 unspecified atom stereocenters. The van der Waals surface area contributed by atoms with Crippen LogP contribution in [0, 0.1) is 0 Å². The van der Waals surface area contributed by atoms with Crippen molar-refractivity contribution < 1.29 is 19.4 Å². The second kappa shape index (κ2) is 7.60. The number of thiophene rings is 1. The van der Waals surface area contributed by atoms with Gasteiger partial charge in [-0.3, -0.25) is 5.32 Å². The Balaban J connectivity index is 2.20. The quantitative estimate of drug-likeness (QED) is 0.725. The third-order valence-electron chi connectivity index (χ3n) is 3.44. The van der Waals surface area contributed by atoms with Crippen LogP contribution in [0.15, 0.2) is 0 Å². The minimum Gasteiger partial charge on any atom is -0.462 e. The normalized spacial score (nSPS) is 14.9. The highest BCUT2D eigenvalue weighted by molar-refractivity contribution is 7.17. The predicted molar refractivity (Wildman–Crippen MR) is 85.6 cm³/mol. The van der Waals surface area contributed by atoms with Crippen LogP contribution in [0.2, 0.25) is 0 Å². The number of hydrogen-bond donors (Lipinski definition) is 3. The maximum absolute atomic E-state index is 12.2. The lowest BCUT2D eigenvalue weighted by Gasteiger charge is -2.12. The minimum absolute atomic E-state index is 0.158. The van der Waals surface area contributed by atoms with Crippen LogP contribution in [-0.4, -0.2) is 36.4 Å². The van der Waals surface area contributed by atoms with Gasteiger partial charge >= 0.3 is 12.0 Å². The van der Waals surface area contributed by atoms with Crippen LogP contribution in [0.5, 0.6) is 0 Å². The van der Waals surface area contributed by atoms with Crippen LogP contribution >= 0.6 is 11.3 Å². The average molecular weight is 326 g/mol. The lowest BCUT2D eigenvalue weighted by Crippen LogP contribution is -2.34. The Morgan fingerprint density at radius 1 is 1.36 bits per heavy atom. The number of urea groups is 1. The Morgan fingerprint density at radius 2 is 2.09 bits per heavy atom. The van der Waals surface area contributed by atoms with E-state index in [1.54, 1.807) is 13.8 Å². The summed E-state index contributed by atoms with van der Waals surface area (Å²) in [6, 6.07) is -0.426. The summed E-state index contributed by atoms with van der Waals surface area (Å²) < 4.78 is 5.13. The Hall–Kier alpha value is -1.60. The van der Waals surface area contributed by atoms with E-state index in [0.717, 1.165) is 36.1 Å². The molecule has 0 radical (unpaired) electrons. The zero-order valence-corrected chi connectivity index (χ0v) is 13.7. The number of hydrogen-bond acceptors (Lipinski definition) is 5. The highest BCUT2D eigenvalue weighted by Crippen LogP contribution is 2.38. The highest BCUT2D eigenvalue weighted by Gasteiger charge is 2.27. The highest BCUT2D eigenvalue weighted by atomic mass is 32.1. The first kappa shape index (κ1) is 16.8. The second-order valence-corrected chi connectivity index (χ2v) is 6.42. The van der Waals surface area contributed by atoms with Crippen molar-refractivity contribution in [2.24, 2.45) is 0 Å². The van der Waals surface area contributed by atoms with Gasteiger partial charge in [0.1, 0.15) is 5.00 Å². The molecule has 0 aromatic carbocycles. The van der Waals surface area contributed by atoms with Gasteiger partial charge in [-0.25, -0.2) is 9.59 Å². The van der Waals surface area contributed by atoms with Crippen LogP contribution in [-0.2, 0) is 17.6 Å². The molecule has 1 aliphatic carbocycles. The van der Waals surface area contributed by atoms with Gasteiger partial charge in [0, 0.05) is 11.4 Å². The number of carbonyl (C=O) groups is 2. The molecule has 1 atom stereocenters. The van der Waals surface area contributed by atoms with E-state index in [4.69, 9.17) is 4.74 Å². The van der Waals surface area contributed by atoms with E-state index in [0.29, 0.717) is 17.2 Å². The van der Waals surface area contributed by atoms with Gasteiger partial charge in [0.05, 0.1) is 18.3 Å². The number of aliphatic hydroxyl groups is 1. The number of amides is 2. The Labute approximate surface area is 133 Å². The SMILES string of the molecule is CCOC(=O)c1c(NC(=O)NC[C@H](C)O)sc2c1CCCC2. The first-order valence-electron chi connectivity index (χ1n) is 7.57. The summed E-state index contributed by atoms with van der Waals surface area (Å²) >= 11 is 1.44. The Morgan fingerprint density at radius 3 is 2.77 bits per heavy atom. The van der Waals surface area contributed by atoms with Crippen molar-refractivity contribution in [2.75, 3.05) is 18.5 Å². The third-order valence-corrected chi connectivity index (χ3v) is 4.64. The monoisotopic (exact) mass is 326 g/mol. The molecule has 0 fully saturated rings. The van der Waals surface area contributed by atoms with E-state index < -0.39 is 12.1 Å². The molecule has 6 nitrogen and oxygen atoms in total. The van der Waals surface area contributed by atoms with Gasteiger partial charge in [0.15, 0.2) is 0 Å². The molecule has 0 spiro atoms. The van der Waals surface area contributed by atoms with E-state index >= 15 is 0 Å². The van der Waals surface area contributed by atoms with Crippen LogP contribution < -0.4 is 10.6 Å². The number of rotatable bonds is 5. The van der Waals surface area contributed by atoms with Gasteiger partial charge in [0.25, 0.3) is 0 Å². The predicted octanol–water partition coefficient (Wildman–Crippen LogP) is 2.31. The Kier molecular flexibility index (Phi) is 5.79. The van der Waals surface area contributed by atoms with Crippen molar-refractivity contribution in [3.05, 3.63) is 16.0 Å². The molecule has 1 aliphatic rings. The number of ether oxygens (including phenoxy) is 1. The van der Waals surface area contributed by atoms with E-state index in [9.17, 15) is 14.7 Å². The molecular formula is C15H22N2O4S. The number of aryl methyl sites for hydroxylation is 1. The van der Waals surface area contributed by atoms with Gasteiger partial charge in [-0.2, -0.15) is 0 Å². The van der Waals surface area contributed by atoms with Crippen molar-refractivity contribution in [1.82, 2.24) is 5.32 Å². The van der Waals surface area contributed by atoms with Crippen molar-refractivity contribution in [1.29, 1.82) is 0 Å². The van der Waals surface area contributed by atoms with E-state index in [-0.39, 0.29) is 12.5 Å². The minimum atomic E-state index is -0.619. The van der Waals surface area contributed by atoms with Crippen molar-refractivity contribution >= 4 is 28.3 Å².